The third kappa shape index (κ3) is 3.82. The summed E-state index contributed by atoms with van der Waals surface area (Å²) in [5, 5.41) is 9.33. The minimum absolute atomic E-state index is 0.0574. The van der Waals surface area contributed by atoms with Gasteiger partial charge >= 0.3 is 0 Å². The van der Waals surface area contributed by atoms with Gasteiger partial charge in [-0.05, 0) is 32.4 Å². The Morgan fingerprint density at radius 1 is 1.33 bits per heavy atom. The van der Waals surface area contributed by atoms with E-state index < -0.39 is 0 Å². The molecular formula is C18H20N6O2S. The van der Waals surface area contributed by atoms with Gasteiger partial charge in [-0.2, -0.15) is 0 Å². The molecule has 4 rings (SSSR count). The fourth-order valence-corrected chi connectivity index (χ4v) is 4.05. The first-order chi connectivity index (χ1) is 13.1. The van der Waals surface area contributed by atoms with E-state index in [1.165, 1.54) is 11.3 Å². The quantitative estimate of drug-likeness (QED) is 0.671. The van der Waals surface area contributed by atoms with Crippen LogP contribution in [0.3, 0.4) is 0 Å². The highest BCUT2D eigenvalue weighted by molar-refractivity contribution is 7.13. The van der Waals surface area contributed by atoms with Crippen molar-refractivity contribution in [1.29, 1.82) is 0 Å². The Morgan fingerprint density at radius 3 is 2.89 bits per heavy atom. The smallest absolute Gasteiger partial charge is 0.265 e. The predicted molar refractivity (Wildman–Crippen MR) is 99.7 cm³/mol. The van der Waals surface area contributed by atoms with Crippen LogP contribution in [0.25, 0.3) is 0 Å². The van der Waals surface area contributed by atoms with Crippen LogP contribution in [0.15, 0.2) is 30.7 Å². The van der Waals surface area contributed by atoms with Crippen LogP contribution in [0.4, 0.5) is 0 Å². The summed E-state index contributed by atoms with van der Waals surface area (Å²) in [7, 11) is 0. The Balaban J connectivity index is 1.37. The molecule has 27 heavy (non-hydrogen) atoms. The minimum Gasteiger partial charge on any atom is -0.487 e. The largest absolute Gasteiger partial charge is 0.487 e. The number of thiazole rings is 1. The summed E-state index contributed by atoms with van der Waals surface area (Å²) >= 11 is 1.46. The summed E-state index contributed by atoms with van der Waals surface area (Å²) < 4.78 is 7.51. The van der Waals surface area contributed by atoms with Crippen LogP contribution in [0, 0.1) is 13.8 Å². The lowest BCUT2D eigenvalue weighted by atomic mass is 10.3. The van der Waals surface area contributed by atoms with E-state index in [-0.39, 0.29) is 11.9 Å². The molecule has 0 aromatic carbocycles. The van der Waals surface area contributed by atoms with Crippen LogP contribution in [-0.2, 0) is 6.61 Å². The van der Waals surface area contributed by atoms with Crippen LogP contribution in [0.2, 0.25) is 0 Å². The maximum atomic E-state index is 12.7. The van der Waals surface area contributed by atoms with E-state index in [1.54, 1.807) is 24.5 Å². The standard InChI is InChI=1S/C18H20N6O2S/c1-12-17(27-13(2)20-12)18(25)23-8-5-15(10-23)24-9-14(21-22-24)11-26-16-3-6-19-7-4-16/h3-4,6-7,9,15H,5,8,10-11H2,1-2H3. The summed E-state index contributed by atoms with van der Waals surface area (Å²) in [6, 6.07) is 3.73. The number of nitrogens with zero attached hydrogens (tertiary/aromatic N) is 6. The Morgan fingerprint density at radius 2 is 2.15 bits per heavy atom. The van der Waals surface area contributed by atoms with Crippen molar-refractivity contribution in [3.8, 4) is 5.75 Å². The summed E-state index contributed by atoms with van der Waals surface area (Å²) in [6.45, 7) is 5.49. The molecule has 9 heteroatoms. The molecule has 0 saturated carbocycles. The van der Waals surface area contributed by atoms with Gasteiger partial charge < -0.3 is 9.64 Å². The third-order valence-corrected chi connectivity index (χ3v) is 5.58. The van der Waals surface area contributed by atoms with Crippen molar-refractivity contribution in [2.45, 2.75) is 32.9 Å². The highest BCUT2D eigenvalue weighted by Gasteiger charge is 2.30. The molecule has 1 unspecified atom stereocenters. The number of aryl methyl sites for hydroxylation is 2. The predicted octanol–water partition coefficient (Wildman–Crippen LogP) is 2.41. The maximum Gasteiger partial charge on any atom is 0.265 e. The molecule has 0 N–H and O–H groups in total. The molecule has 3 aromatic rings. The lowest BCUT2D eigenvalue weighted by Crippen LogP contribution is -2.29. The lowest BCUT2D eigenvalue weighted by Gasteiger charge is -2.15. The zero-order valence-corrected chi connectivity index (χ0v) is 16.0. The highest BCUT2D eigenvalue weighted by Crippen LogP contribution is 2.26. The number of pyridine rings is 1. The molecule has 1 saturated heterocycles. The molecule has 8 nitrogen and oxygen atoms in total. The van der Waals surface area contributed by atoms with Crippen LogP contribution >= 0.6 is 11.3 Å². The van der Waals surface area contributed by atoms with Crippen molar-refractivity contribution in [3.05, 3.63) is 52.0 Å². The summed E-state index contributed by atoms with van der Waals surface area (Å²) in [5.41, 5.74) is 1.56. The summed E-state index contributed by atoms with van der Waals surface area (Å²) in [4.78, 5) is 23.7. The number of rotatable bonds is 5. The minimum atomic E-state index is 0.0574. The molecular weight excluding hydrogens is 364 g/mol. The van der Waals surface area contributed by atoms with E-state index in [9.17, 15) is 4.79 Å². The average Bonchev–Trinajstić information content (AvgIpc) is 3.39. The van der Waals surface area contributed by atoms with E-state index >= 15 is 0 Å². The number of hydrogen-bond donors (Lipinski definition) is 0. The second-order valence-corrected chi connectivity index (χ2v) is 7.71. The zero-order valence-electron chi connectivity index (χ0n) is 15.2. The molecule has 1 aliphatic rings. The maximum absolute atomic E-state index is 12.7. The van der Waals surface area contributed by atoms with Gasteiger partial charge in [0.25, 0.3) is 5.91 Å². The monoisotopic (exact) mass is 384 g/mol. The molecule has 1 aliphatic heterocycles. The average molecular weight is 384 g/mol. The van der Waals surface area contributed by atoms with Crippen molar-refractivity contribution < 1.29 is 9.53 Å². The molecule has 3 aromatic heterocycles. The first kappa shape index (κ1) is 17.6. The fourth-order valence-electron chi connectivity index (χ4n) is 3.17. The number of likely N-dealkylation sites (tertiary alicyclic amines) is 1. The summed E-state index contributed by atoms with van der Waals surface area (Å²) in [5.74, 6) is 0.800. The number of hydrogen-bond acceptors (Lipinski definition) is 7. The molecule has 0 radical (unpaired) electrons. The number of carbonyl (C=O) groups excluding carboxylic acids is 1. The van der Waals surface area contributed by atoms with E-state index in [0.29, 0.717) is 19.7 Å². The van der Waals surface area contributed by atoms with Crippen molar-refractivity contribution >= 4 is 17.2 Å². The van der Waals surface area contributed by atoms with Crippen LogP contribution in [0.1, 0.15) is 38.5 Å². The second-order valence-electron chi connectivity index (χ2n) is 6.50. The van der Waals surface area contributed by atoms with E-state index in [2.05, 4.69) is 20.3 Å². The Kier molecular flexibility index (Phi) is 4.85. The molecule has 1 amide bonds. The molecule has 0 spiro atoms. The SMILES string of the molecule is Cc1nc(C)c(C(=O)N2CCC(n3cc(COc4ccncc4)nn3)C2)s1. The summed E-state index contributed by atoms with van der Waals surface area (Å²) in [6.07, 6.45) is 6.11. The van der Waals surface area contributed by atoms with Crippen LogP contribution in [0.5, 0.6) is 5.75 Å². The number of amides is 1. The van der Waals surface area contributed by atoms with Gasteiger partial charge in [0.15, 0.2) is 0 Å². The first-order valence-electron chi connectivity index (χ1n) is 8.77. The fraction of sp³-hybridized carbons (Fsp3) is 0.389. The van der Waals surface area contributed by atoms with Gasteiger partial charge in [0.2, 0.25) is 0 Å². The van der Waals surface area contributed by atoms with Crippen LogP contribution < -0.4 is 4.74 Å². The molecule has 0 aliphatic carbocycles. The van der Waals surface area contributed by atoms with Gasteiger partial charge in [0.1, 0.15) is 22.9 Å². The van der Waals surface area contributed by atoms with Gasteiger partial charge in [-0.3, -0.25) is 9.78 Å². The first-order valence-corrected chi connectivity index (χ1v) is 9.58. The van der Waals surface area contributed by atoms with Crippen molar-refractivity contribution in [2.24, 2.45) is 0 Å². The van der Waals surface area contributed by atoms with E-state index in [0.717, 1.165) is 33.4 Å². The molecule has 0 bridgehead atoms. The van der Waals surface area contributed by atoms with E-state index in [1.807, 2.05) is 29.6 Å². The topological polar surface area (TPSA) is 86.0 Å². The zero-order chi connectivity index (χ0) is 18.8. The van der Waals surface area contributed by atoms with Gasteiger partial charge in [-0.1, -0.05) is 5.21 Å². The molecule has 140 valence electrons. The van der Waals surface area contributed by atoms with Gasteiger partial charge in [0, 0.05) is 25.5 Å². The Bertz CT molecular complexity index is 938. The number of carbonyl (C=O) groups is 1. The molecule has 1 fully saturated rings. The van der Waals surface area contributed by atoms with Crippen molar-refractivity contribution in [2.75, 3.05) is 13.1 Å². The second kappa shape index (κ2) is 7.43. The Labute approximate surface area is 160 Å². The lowest BCUT2D eigenvalue weighted by molar-refractivity contribution is 0.0790. The highest BCUT2D eigenvalue weighted by atomic mass is 32.1. The van der Waals surface area contributed by atoms with Gasteiger partial charge in [-0.25, -0.2) is 9.67 Å². The van der Waals surface area contributed by atoms with Crippen molar-refractivity contribution in [1.82, 2.24) is 29.9 Å². The van der Waals surface area contributed by atoms with Gasteiger partial charge in [-0.15, -0.1) is 16.4 Å². The van der Waals surface area contributed by atoms with E-state index in [4.69, 9.17) is 4.74 Å². The normalized spacial score (nSPS) is 16.7. The Hall–Kier alpha value is -2.81. The number of ether oxygens (including phenoxy) is 1. The van der Waals surface area contributed by atoms with Crippen molar-refractivity contribution in [3.63, 3.8) is 0 Å². The molecule has 4 heterocycles. The number of aromatic nitrogens is 5. The van der Waals surface area contributed by atoms with Crippen LogP contribution in [-0.4, -0.2) is 48.9 Å². The third-order valence-electron chi connectivity index (χ3n) is 4.52. The van der Waals surface area contributed by atoms with Gasteiger partial charge in [0.05, 0.1) is 22.9 Å². The molecule has 1 atom stereocenters.